The molecule has 0 fully saturated rings. The molecular weight excluding hydrogens is 443 g/mol. The molecule has 35 heavy (non-hydrogen) atoms. The number of rotatable bonds is 3. The molecule has 164 valence electrons. The highest BCUT2D eigenvalue weighted by Crippen LogP contribution is 2.45. The first-order valence-electron chi connectivity index (χ1n) is 11.7. The van der Waals surface area contributed by atoms with Crippen molar-refractivity contribution >= 4 is 47.0 Å². The molecule has 2 heteroatoms. The number of furan rings is 1. The maximum Gasteiger partial charge on any atom is 0.136 e. The Balaban J connectivity index is 1.40. The van der Waals surface area contributed by atoms with E-state index in [2.05, 4.69) is 115 Å². The Labute approximate surface area is 205 Å². The molecule has 0 aliphatic heterocycles. The van der Waals surface area contributed by atoms with Gasteiger partial charge in [0, 0.05) is 10.9 Å². The number of fused-ring (bicyclic) bond motifs is 7. The SMILES string of the molecule is C=C1C2=CC=Cc3c(oc4cc(P(c5ccccc5)c5ccccc5)ccc34)C=C1C1=C2C=C=C1. The van der Waals surface area contributed by atoms with E-state index in [9.17, 15) is 0 Å². The van der Waals surface area contributed by atoms with E-state index < -0.39 is 7.92 Å². The number of benzene rings is 3. The largest absolute Gasteiger partial charge is 0.456 e. The average molecular weight is 465 g/mol. The van der Waals surface area contributed by atoms with E-state index >= 15 is 0 Å². The van der Waals surface area contributed by atoms with Crippen LogP contribution in [0.5, 0.6) is 0 Å². The predicted octanol–water partition coefficient (Wildman–Crippen LogP) is 7.12. The van der Waals surface area contributed by atoms with Crippen LogP contribution in [0.1, 0.15) is 11.3 Å². The van der Waals surface area contributed by atoms with Crippen molar-refractivity contribution in [1.29, 1.82) is 0 Å². The van der Waals surface area contributed by atoms with Gasteiger partial charge in [0.2, 0.25) is 0 Å². The maximum absolute atomic E-state index is 6.54. The van der Waals surface area contributed by atoms with Crippen molar-refractivity contribution in [3.63, 3.8) is 0 Å². The number of hydrogen-bond donors (Lipinski definition) is 0. The molecule has 0 amide bonds. The van der Waals surface area contributed by atoms with Crippen LogP contribution < -0.4 is 15.9 Å². The summed E-state index contributed by atoms with van der Waals surface area (Å²) in [6.07, 6.45) is 12.7. The number of allylic oxidation sites excluding steroid dienone is 8. The molecule has 0 atom stereocenters. The van der Waals surface area contributed by atoms with E-state index in [0.29, 0.717) is 0 Å². The van der Waals surface area contributed by atoms with Gasteiger partial charge in [0.05, 0.1) is 0 Å². The van der Waals surface area contributed by atoms with Crippen molar-refractivity contribution in [1.82, 2.24) is 0 Å². The smallest absolute Gasteiger partial charge is 0.136 e. The highest BCUT2D eigenvalue weighted by molar-refractivity contribution is 7.79. The zero-order valence-electron chi connectivity index (χ0n) is 19.0. The number of hydrogen-bond acceptors (Lipinski definition) is 1. The molecule has 0 spiro atoms. The lowest BCUT2D eigenvalue weighted by molar-refractivity contribution is 0.603. The molecule has 0 unspecified atom stereocenters. The molecule has 3 aliphatic rings. The quantitative estimate of drug-likeness (QED) is 0.232. The van der Waals surface area contributed by atoms with Gasteiger partial charge in [0.15, 0.2) is 0 Å². The molecule has 1 nitrogen and oxygen atoms in total. The molecule has 0 saturated carbocycles. The predicted molar refractivity (Wildman–Crippen MR) is 149 cm³/mol. The van der Waals surface area contributed by atoms with Crippen LogP contribution in [0.4, 0.5) is 0 Å². The summed E-state index contributed by atoms with van der Waals surface area (Å²) >= 11 is 0. The van der Waals surface area contributed by atoms with E-state index in [1.165, 1.54) is 27.1 Å². The Morgan fingerprint density at radius 2 is 1.43 bits per heavy atom. The van der Waals surface area contributed by atoms with Crippen LogP contribution in [0, 0.1) is 0 Å². The summed E-state index contributed by atoms with van der Waals surface area (Å²) in [4.78, 5) is 0. The minimum atomic E-state index is -0.689. The fraction of sp³-hybridized carbons (Fsp3) is 0. The summed E-state index contributed by atoms with van der Waals surface area (Å²) < 4.78 is 6.54. The van der Waals surface area contributed by atoms with Gasteiger partial charge in [0.1, 0.15) is 11.3 Å². The Morgan fingerprint density at radius 3 is 2.14 bits per heavy atom. The van der Waals surface area contributed by atoms with Gasteiger partial charge in [0.25, 0.3) is 0 Å². The fourth-order valence-electron chi connectivity index (χ4n) is 5.15. The molecular formula is C33H21OP. The normalized spacial score (nSPS) is 15.7. The molecule has 7 rings (SSSR count). The zero-order chi connectivity index (χ0) is 23.4. The van der Waals surface area contributed by atoms with Crippen LogP contribution in [0.3, 0.4) is 0 Å². The molecule has 2 bridgehead atoms. The minimum Gasteiger partial charge on any atom is -0.456 e. The van der Waals surface area contributed by atoms with Gasteiger partial charge in [-0.3, -0.25) is 0 Å². The molecule has 4 aromatic rings. The van der Waals surface area contributed by atoms with Crippen LogP contribution >= 0.6 is 7.92 Å². The summed E-state index contributed by atoms with van der Waals surface area (Å²) in [5.41, 5.74) is 11.0. The van der Waals surface area contributed by atoms with Crippen LogP contribution in [-0.2, 0) is 0 Å². The monoisotopic (exact) mass is 464 g/mol. The molecule has 3 aromatic carbocycles. The highest BCUT2D eigenvalue weighted by Gasteiger charge is 2.28. The van der Waals surface area contributed by atoms with Crippen molar-refractivity contribution < 1.29 is 4.42 Å². The minimum absolute atomic E-state index is 0.689. The van der Waals surface area contributed by atoms with Crippen molar-refractivity contribution in [2.45, 2.75) is 0 Å². The second-order valence-electron chi connectivity index (χ2n) is 8.83. The lowest BCUT2D eigenvalue weighted by atomic mass is 10.0. The van der Waals surface area contributed by atoms with Gasteiger partial charge in [-0.15, -0.1) is 5.73 Å². The first kappa shape index (κ1) is 20.2. The van der Waals surface area contributed by atoms with Crippen molar-refractivity contribution in [2.75, 3.05) is 0 Å². The molecule has 1 heterocycles. The first-order chi connectivity index (χ1) is 17.3. The van der Waals surface area contributed by atoms with E-state index in [-0.39, 0.29) is 0 Å². The zero-order valence-corrected chi connectivity index (χ0v) is 19.9. The van der Waals surface area contributed by atoms with E-state index in [0.717, 1.165) is 39.0 Å². The average Bonchev–Trinajstić information content (AvgIpc) is 3.57. The van der Waals surface area contributed by atoms with Gasteiger partial charge in [-0.1, -0.05) is 91.5 Å². The second-order valence-corrected chi connectivity index (χ2v) is 11.0. The third-order valence-electron chi connectivity index (χ3n) is 6.81. The Morgan fingerprint density at radius 1 is 0.743 bits per heavy atom. The lowest BCUT2D eigenvalue weighted by Crippen LogP contribution is -2.20. The van der Waals surface area contributed by atoms with Crippen molar-refractivity contribution in [3.05, 3.63) is 155 Å². The Hall–Kier alpha value is -4.15. The Bertz CT molecular complexity index is 1680. The van der Waals surface area contributed by atoms with Crippen LogP contribution in [0.15, 0.2) is 148 Å². The summed E-state index contributed by atoms with van der Waals surface area (Å²) in [5, 5.41) is 5.07. The lowest BCUT2D eigenvalue weighted by Gasteiger charge is -2.19. The van der Waals surface area contributed by atoms with Crippen LogP contribution in [-0.4, -0.2) is 0 Å². The third kappa shape index (κ3) is 3.22. The van der Waals surface area contributed by atoms with Crippen LogP contribution in [0.25, 0.3) is 23.1 Å². The van der Waals surface area contributed by atoms with Gasteiger partial charge in [-0.05, 0) is 82.1 Å². The van der Waals surface area contributed by atoms with Crippen LogP contribution in [0.2, 0.25) is 0 Å². The molecule has 0 N–H and O–H groups in total. The first-order valence-corrected chi connectivity index (χ1v) is 13.1. The van der Waals surface area contributed by atoms with Gasteiger partial charge in [-0.25, -0.2) is 0 Å². The maximum atomic E-state index is 6.54. The van der Waals surface area contributed by atoms with Crippen molar-refractivity contribution in [3.8, 4) is 0 Å². The molecule has 3 aliphatic carbocycles. The fourth-order valence-corrected chi connectivity index (χ4v) is 7.46. The van der Waals surface area contributed by atoms with E-state index in [1.54, 1.807) is 0 Å². The summed E-state index contributed by atoms with van der Waals surface area (Å²) in [6, 6.07) is 28.3. The van der Waals surface area contributed by atoms with Gasteiger partial charge >= 0.3 is 0 Å². The summed E-state index contributed by atoms with van der Waals surface area (Å²) in [6.45, 7) is 4.38. The standard InChI is InChI=1S/C33H21OP/c1-22-26-14-8-17-29-30-19-18-25(35(23-10-4-2-5-11-23)24-12-6-3-7-13-24)20-32(30)34-33(29)21-31(22)28-16-9-15-27(26)28/h2-8,10-21H,1H2. The van der Waals surface area contributed by atoms with E-state index in [4.69, 9.17) is 4.42 Å². The molecule has 0 saturated heterocycles. The Kier molecular flexibility index (Phi) is 4.61. The van der Waals surface area contributed by atoms with Gasteiger partial charge < -0.3 is 4.42 Å². The summed E-state index contributed by atoms with van der Waals surface area (Å²) in [7, 11) is -0.689. The summed E-state index contributed by atoms with van der Waals surface area (Å²) in [5.74, 6) is 0.872. The third-order valence-corrected chi connectivity index (χ3v) is 9.23. The molecule has 1 aromatic heterocycles. The molecule has 0 radical (unpaired) electrons. The van der Waals surface area contributed by atoms with Gasteiger partial charge in [-0.2, -0.15) is 0 Å². The van der Waals surface area contributed by atoms with E-state index in [1.807, 2.05) is 12.2 Å². The van der Waals surface area contributed by atoms with Crippen molar-refractivity contribution in [2.24, 2.45) is 0 Å². The highest BCUT2D eigenvalue weighted by atomic mass is 31.1. The topological polar surface area (TPSA) is 13.1 Å². The second kappa shape index (κ2) is 7.97.